The fourth-order valence-corrected chi connectivity index (χ4v) is 2.94. The van der Waals surface area contributed by atoms with Gasteiger partial charge in [0.05, 0.1) is 15.6 Å². The number of carbonyl (C=O) groups is 1. The number of carboxylic acid groups (broad SMARTS) is 1. The molecule has 1 aromatic carbocycles. The minimum absolute atomic E-state index is 0.0188. The SMILES string of the molecule is CS(=O)(=O)c1cccc(SCC(=O)O)c1[N+](=O)[O-]. The zero-order chi connectivity index (χ0) is 13.9. The molecule has 0 atom stereocenters. The zero-order valence-electron chi connectivity index (χ0n) is 9.19. The Bertz CT molecular complexity index is 595. The van der Waals surface area contributed by atoms with Gasteiger partial charge in [0.15, 0.2) is 9.84 Å². The maximum atomic E-state index is 11.4. The number of nitro groups is 1. The van der Waals surface area contributed by atoms with Crippen LogP contribution in [0.2, 0.25) is 0 Å². The maximum Gasteiger partial charge on any atom is 0.313 e. The third kappa shape index (κ3) is 3.44. The number of hydrogen-bond acceptors (Lipinski definition) is 6. The van der Waals surface area contributed by atoms with E-state index in [0.717, 1.165) is 12.3 Å². The summed E-state index contributed by atoms with van der Waals surface area (Å²) in [5.74, 6) is -1.52. The van der Waals surface area contributed by atoms with Crippen molar-refractivity contribution in [2.24, 2.45) is 0 Å². The fraction of sp³-hybridized carbons (Fsp3) is 0.222. The Morgan fingerprint density at radius 3 is 2.56 bits per heavy atom. The van der Waals surface area contributed by atoms with E-state index in [0.29, 0.717) is 11.8 Å². The Kier molecular flexibility index (Phi) is 4.30. The number of rotatable bonds is 5. The number of para-hydroxylation sites is 1. The molecule has 0 saturated carbocycles. The van der Waals surface area contributed by atoms with Gasteiger partial charge in [0.2, 0.25) is 0 Å². The molecule has 0 heterocycles. The molecule has 0 bridgehead atoms. The van der Waals surface area contributed by atoms with Crippen LogP contribution in [-0.2, 0) is 14.6 Å². The molecule has 0 unspecified atom stereocenters. The van der Waals surface area contributed by atoms with Crippen molar-refractivity contribution in [1.29, 1.82) is 0 Å². The number of benzene rings is 1. The first-order chi connectivity index (χ1) is 8.23. The van der Waals surface area contributed by atoms with E-state index in [1.165, 1.54) is 12.1 Å². The van der Waals surface area contributed by atoms with E-state index in [2.05, 4.69) is 0 Å². The highest BCUT2D eigenvalue weighted by atomic mass is 32.2. The number of thioether (sulfide) groups is 1. The van der Waals surface area contributed by atoms with Gasteiger partial charge in [-0.1, -0.05) is 6.07 Å². The topological polar surface area (TPSA) is 115 Å². The van der Waals surface area contributed by atoms with Crippen LogP contribution in [0.4, 0.5) is 5.69 Å². The van der Waals surface area contributed by atoms with Crippen LogP contribution in [0.25, 0.3) is 0 Å². The van der Waals surface area contributed by atoms with E-state index in [1.54, 1.807) is 0 Å². The van der Waals surface area contributed by atoms with Gasteiger partial charge in [-0.3, -0.25) is 14.9 Å². The Balaban J connectivity index is 3.36. The summed E-state index contributed by atoms with van der Waals surface area (Å²) in [4.78, 5) is 20.1. The molecule has 0 spiro atoms. The van der Waals surface area contributed by atoms with E-state index in [1.807, 2.05) is 0 Å². The molecule has 0 aromatic heterocycles. The summed E-state index contributed by atoms with van der Waals surface area (Å²) in [6.07, 6.45) is 0.862. The highest BCUT2D eigenvalue weighted by Gasteiger charge is 2.26. The minimum Gasteiger partial charge on any atom is -0.481 e. The summed E-state index contributed by atoms with van der Waals surface area (Å²) >= 11 is 0.708. The van der Waals surface area contributed by atoms with Gasteiger partial charge in [0.1, 0.15) is 4.90 Å². The summed E-state index contributed by atoms with van der Waals surface area (Å²) in [5.41, 5.74) is -0.578. The lowest BCUT2D eigenvalue weighted by Crippen LogP contribution is -2.05. The molecule has 0 saturated heterocycles. The zero-order valence-corrected chi connectivity index (χ0v) is 10.8. The first-order valence-corrected chi connectivity index (χ1v) is 7.43. The van der Waals surface area contributed by atoms with Gasteiger partial charge < -0.3 is 5.11 Å². The van der Waals surface area contributed by atoms with Crippen LogP contribution in [0.3, 0.4) is 0 Å². The van der Waals surface area contributed by atoms with Crippen molar-refractivity contribution in [1.82, 2.24) is 0 Å². The van der Waals surface area contributed by atoms with Crippen LogP contribution < -0.4 is 0 Å². The fourth-order valence-electron chi connectivity index (χ4n) is 1.24. The molecule has 7 nitrogen and oxygen atoms in total. The Hall–Kier alpha value is -1.61. The van der Waals surface area contributed by atoms with Crippen LogP contribution in [0.1, 0.15) is 0 Å². The molecule has 0 aliphatic heterocycles. The van der Waals surface area contributed by atoms with E-state index >= 15 is 0 Å². The number of nitrogens with zero attached hydrogens (tertiary/aromatic N) is 1. The molecule has 18 heavy (non-hydrogen) atoms. The predicted octanol–water partition coefficient (Wildman–Crippen LogP) is 1.18. The Morgan fingerprint density at radius 1 is 1.50 bits per heavy atom. The molecule has 9 heteroatoms. The number of hydrogen-bond donors (Lipinski definition) is 1. The van der Waals surface area contributed by atoms with Crippen molar-refractivity contribution in [3.05, 3.63) is 28.3 Å². The van der Waals surface area contributed by atoms with Gasteiger partial charge in [-0.25, -0.2) is 8.42 Å². The van der Waals surface area contributed by atoms with Crippen molar-refractivity contribution in [3.63, 3.8) is 0 Å². The van der Waals surface area contributed by atoms with Crippen LogP contribution in [-0.4, -0.2) is 36.4 Å². The van der Waals surface area contributed by atoms with Crippen LogP contribution in [0, 0.1) is 10.1 Å². The third-order valence-corrected chi connectivity index (χ3v) is 4.06. The molecule has 0 aliphatic carbocycles. The van der Waals surface area contributed by atoms with Gasteiger partial charge in [0.25, 0.3) is 0 Å². The quantitative estimate of drug-likeness (QED) is 0.492. The lowest BCUT2D eigenvalue weighted by Gasteiger charge is -2.05. The van der Waals surface area contributed by atoms with Crippen LogP contribution in [0.15, 0.2) is 28.0 Å². The van der Waals surface area contributed by atoms with Gasteiger partial charge in [-0.2, -0.15) is 0 Å². The summed E-state index contributed by atoms with van der Waals surface area (Å²) < 4.78 is 22.8. The Morgan fingerprint density at radius 2 is 2.11 bits per heavy atom. The highest BCUT2D eigenvalue weighted by molar-refractivity contribution is 8.00. The highest BCUT2D eigenvalue weighted by Crippen LogP contribution is 2.34. The summed E-state index contributed by atoms with van der Waals surface area (Å²) in [6.45, 7) is 0. The third-order valence-electron chi connectivity index (χ3n) is 1.90. The van der Waals surface area contributed by atoms with E-state index in [9.17, 15) is 23.3 Å². The maximum absolute atomic E-state index is 11.4. The second-order valence-electron chi connectivity index (χ2n) is 3.31. The van der Waals surface area contributed by atoms with E-state index < -0.39 is 31.3 Å². The van der Waals surface area contributed by atoms with E-state index in [4.69, 9.17) is 5.11 Å². The molecule has 0 fully saturated rings. The van der Waals surface area contributed by atoms with Crippen molar-refractivity contribution >= 4 is 33.3 Å². The standard InChI is InChI=1S/C9H9NO6S2/c1-18(15,16)7-4-2-3-6(9(7)10(13)14)17-5-8(11)12/h2-4H,5H2,1H3,(H,11,12). The normalized spacial score (nSPS) is 11.2. The average molecular weight is 291 g/mol. The van der Waals surface area contributed by atoms with Crippen molar-refractivity contribution in [2.75, 3.05) is 12.0 Å². The second kappa shape index (κ2) is 5.36. The van der Waals surface area contributed by atoms with Crippen molar-refractivity contribution in [3.8, 4) is 0 Å². The molecule has 1 aromatic rings. The van der Waals surface area contributed by atoms with Crippen LogP contribution in [0.5, 0.6) is 0 Å². The molecule has 0 aliphatic rings. The lowest BCUT2D eigenvalue weighted by molar-refractivity contribution is -0.390. The smallest absolute Gasteiger partial charge is 0.313 e. The number of nitro benzene ring substituents is 1. The molecule has 1 rings (SSSR count). The molecule has 1 N–H and O–H groups in total. The minimum atomic E-state index is -3.74. The largest absolute Gasteiger partial charge is 0.481 e. The van der Waals surface area contributed by atoms with Gasteiger partial charge >= 0.3 is 11.7 Å². The average Bonchev–Trinajstić information content (AvgIpc) is 2.24. The van der Waals surface area contributed by atoms with Crippen molar-refractivity contribution in [2.45, 2.75) is 9.79 Å². The first-order valence-electron chi connectivity index (χ1n) is 4.55. The number of aliphatic carboxylic acids is 1. The molecule has 0 amide bonds. The lowest BCUT2D eigenvalue weighted by atomic mass is 10.3. The molecular weight excluding hydrogens is 282 g/mol. The number of carboxylic acids is 1. The summed E-state index contributed by atoms with van der Waals surface area (Å²) in [5, 5.41) is 19.4. The van der Waals surface area contributed by atoms with Gasteiger partial charge in [-0.05, 0) is 12.1 Å². The van der Waals surface area contributed by atoms with E-state index in [-0.39, 0.29) is 10.6 Å². The molecule has 98 valence electrons. The second-order valence-corrected chi connectivity index (χ2v) is 6.32. The Labute approximate surface area is 107 Å². The van der Waals surface area contributed by atoms with Gasteiger partial charge in [0, 0.05) is 6.26 Å². The van der Waals surface area contributed by atoms with Crippen LogP contribution >= 0.6 is 11.8 Å². The summed E-state index contributed by atoms with van der Waals surface area (Å²) in [6, 6.07) is 3.78. The first kappa shape index (κ1) is 14.5. The molecule has 0 radical (unpaired) electrons. The predicted molar refractivity (Wildman–Crippen MR) is 64.6 cm³/mol. The number of sulfone groups is 1. The molecular formula is C9H9NO6S2. The summed E-state index contributed by atoms with van der Waals surface area (Å²) in [7, 11) is -3.74. The monoisotopic (exact) mass is 291 g/mol. The van der Waals surface area contributed by atoms with Gasteiger partial charge in [-0.15, -0.1) is 11.8 Å². The van der Waals surface area contributed by atoms with Crippen molar-refractivity contribution < 1.29 is 23.2 Å².